The summed E-state index contributed by atoms with van der Waals surface area (Å²) < 4.78 is 0. The van der Waals surface area contributed by atoms with E-state index in [0.29, 0.717) is 0 Å². The molecule has 0 saturated carbocycles. The molecule has 2 N–H and O–H groups in total. The van der Waals surface area contributed by atoms with Crippen molar-refractivity contribution in [3.63, 3.8) is 0 Å². The Balaban J connectivity index is 1.79. The Morgan fingerprint density at radius 2 is 1.72 bits per heavy atom. The van der Waals surface area contributed by atoms with Crippen LogP contribution in [0.1, 0.15) is 45.1 Å². The minimum atomic E-state index is 0.764. The monoisotopic (exact) mass is 246 g/mol. The van der Waals surface area contributed by atoms with E-state index in [2.05, 4.69) is 30.9 Å². The van der Waals surface area contributed by atoms with Gasteiger partial charge < -0.3 is 5.73 Å². The van der Waals surface area contributed by atoms with Crippen molar-refractivity contribution < 1.29 is 0 Å². The molecule has 2 atom stereocenters. The van der Waals surface area contributed by atoms with Gasteiger partial charge in [-0.2, -0.15) is 0 Å². The second-order valence-corrected chi connectivity index (χ2v) is 5.71. The Bertz CT molecular complexity index is 348. The summed E-state index contributed by atoms with van der Waals surface area (Å²) in [6, 6.07) is 9.83. The van der Waals surface area contributed by atoms with Crippen molar-refractivity contribution in [2.75, 3.05) is 12.3 Å². The van der Waals surface area contributed by atoms with Crippen LogP contribution in [0.3, 0.4) is 0 Å². The molecular weight excluding hydrogens is 220 g/mol. The Labute approximate surface area is 111 Å². The first-order valence-electron chi connectivity index (χ1n) is 7.27. The first kappa shape index (κ1) is 13.4. The van der Waals surface area contributed by atoms with Gasteiger partial charge in [0.1, 0.15) is 0 Å². The molecule has 2 unspecified atom stereocenters. The van der Waals surface area contributed by atoms with Gasteiger partial charge in [-0.15, -0.1) is 0 Å². The van der Waals surface area contributed by atoms with Crippen LogP contribution in [0, 0.1) is 0 Å². The van der Waals surface area contributed by atoms with Gasteiger partial charge in [-0.05, 0) is 63.8 Å². The topological polar surface area (TPSA) is 29.3 Å². The molecule has 0 amide bonds. The summed E-state index contributed by atoms with van der Waals surface area (Å²) in [7, 11) is 0. The fourth-order valence-electron chi connectivity index (χ4n) is 3.07. The van der Waals surface area contributed by atoms with Crippen LogP contribution in [0.15, 0.2) is 24.3 Å². The predicted octanol–water partition coefficient (Wildman–Crippen LogP) is 3.46. The summed E-state index contributed by atoms with van der Waals surface area (Å²) in [6.45, 7) is 5.98. The Morgan fingerprint density at radius 1 is 1.11 bits per heavy atom. The van der Waals surface area contributed by atoms with Gasteiger partial charge in [-0.25, -0.2) is 0 Å². The fraction of sp³-hybridized carbons (Fsp3) is 0.625. The van der Waals surface area contributed by atoms with Crippen LogP contribution in [0.2, 0.25) is 0 Å². The number of hydrogen-bond acceptors (Lipinski definition) is 2. The quantitative estimate of drug-likeness (QED) is 0.824. The summed E-state index contributed by atoms with van der Waals surface area (Å²) in [4.78, 5) is 2.68. The highest BCUT2D eigenvalue weighted by Crippen LogP contribution is 2.22. The molecule has 1 aliphatic heterocycles. The third-order valence-electron chi connectivity index (χ3n) is 4.24. The van der Waals surface area contributed by atoms with Gasteiger partial charge in [-0.3, -0.25) is 4.90 Å². The molecule has 1 aromatic carbocycles. The lowest BCUT2D eigenvalue weighted by atomic mass is 9.97. The smallest absolute Gasteiger partial charge is 0.0314 e. The van der Waals surface area contributed by atoms with E-state index < -0.39 is 0 Å². The third-order valence-corrected chi connectivity index (χ3v) is 4.24. The van der Waals surface area contributed by atoms with Crippen LogP contribution < -0.4 is 5.73 Å². The molecule has 1 aromatic rings. The Morgan fingerprint density at radius 3 is 2.33 bits per heavy atom. The average Bonchev–Trinajstić information content (AvgIpc) is 2.35. The van der Waals surface area contributed by atoms with Crippen LogP contribution in [-0.2, 0) is 6.42 Å². The summed E-state index contributed by atoms with van der Waals surface area (Å²) in [5.74, 6) is 0. The average molecular weight is 246 g/mol. The summed E-state index contributed by atoms with van der Waals surface area (Å²) >= 11 is 0. The van der Waals surface area contributed by atoms with Gasteiger partial charge in [0, 0.05) is 17.8 Å². The molecule has 18 heavy (non-hydrogen) atoms. The van der Waals surface area contributed by atoms with Crippen LogP contribution in [-0.4, -0.2) is 23.5 Å². The maximum absolute atomic E-state index is 5.70. The third kappa shape index (κ3) is 3.49. The van der Waals surface area contributed by atoms with Crippen molar-refractivity contribution in [3.8, 4) is 0 Å². The molecule has 1 fully saturated rings. The zero-order valence-electron chi connectivity index (χ0n) is 11.7. The molecule has 1 aliphatic rings. The second kappa shape index (κ2) is 6.24. The van der Waals surface area contributed by atoms with E-state index in [1.165, 1.54) is 37.8 Å². The number of nitrogen functional groups attached to an aromatic ring is 1. The van der Waals surface area contributed by atoms with E-state index in [4.69, 9.17) is 5.73 Å². The van der Waals surface area contributed by atoms with E-state index in [9.17, 15) is 0 Å². The minimum Gasteiger partial charge on any atom is -0.399 e. The van der Waals surface area contributed by atoms with Gasteiger partial charge in [0.2, 0.25) is 0 Å². The van der Waals surface area contributed by atoms with Gasteiger partial charge >= 0.3 is 0 Å². The van der Waals surface area contributed by atoms with Crippen molar-refractivity contribution in [2.45, 2.75) is 58.0 Å². The predicted molar refractivity (Wildman–Crippen MR) is 78.7 cm³/mol. The molecular formula is C16H26N2. The Kier molecular flexibility index (Phi) is 4.65. The number of aryl methyl sites for hydroxylation is 1. The highest BCUT2D eigenvalue weighted by molar-refractivity contribution is 5.39. The van der Waals surface area contributed by atoms with Crippen LogP contribution in [0.25, 0.3) is 0 Å². The lowest BCUT2D eigenvalue weighted by Gasteiger charge is -2.39. The largest absolute Gasteiger partial charge is 0.399 e. The molecule has 0 bridgehead atoms. The number of rotatable bonds is 4. The lowest BCUT2D eigenvalue weighted by Crippen LogP contribution is -2.44. The number of nitrogens with two attached hydrogens (primary N) is 1. The van der Waals surface area contributed by atoms with E-state index >= 15 is 0 Å². The highest BCUT2D eigenvalue weighted by atomic mass is 15.2. The standard InChI is InChI=1S/C16H26N2/c1-13-5-3-6-14(2)18(13)12-4-7-15-8-10-16(17)11-9-15/h8-11,13-14H,3-7,12,17H2,1-2H3. The molecule has 2 rings (SSSR count). The fourth-order valence-corrected chi connectivity index (χ4v) is 3.07. The van der Waals surface area contributed by atoms with Gasteiger partial charge in [0.05, 0.1) is 0 Å². The van der Waals surface area contributed by atoms with E-state index in [1.807, 2.05) is 12.1 Å². The Hall–Kier alpha value is -1.02. The summed E-state index contributed by atoms with van der Waals surface area (Å²) in [5.41, 5.74) is 7.96. The minimum absolute atomic E-state index is 0.764. The number of likely N-dealkylation sites (tertiary alicyclic amines) is 1. The molecule has 1 saturated heterocycles. The maximum Gasteiger partial charge on any atom is 0.0314 e. The first-order chi connectivity index (χ1) is 8.66. The van der Waals surface area contributed by atoms with Crippen molar-refractivity contribution >= 4 is 5.69 Å². The molecule has 0 spiro atoms. The normalized spacial score (nSPS) is 25.2. The second-order valence-electron chi connectivity index (χ2n) is 5.71. The maximum atomic E-state index is 5.70. The number of anilines is 1. The molecule has 1 heterocycles. The summed E-state index contributed by atoms with van der Waals surface area (Å²) in [5, 5.41) is 0. The zero-order chi connectivity index (χ0) is 13.0. The van der Waals surface area contributed by atoms with Crippen LogP contribution in [0.5, 0.6) is 0 Å². The summed E-state index contributed by atoms with van der Waals surface area (Å²) in [6.07, 6.45) is 6.55. The number of hydrogen-bond donors (Lipinski definition) is 1. The number of nitrogens with zero attached hydrogens (tertiary/aromatic N) is 1. The first-order valence-corrected chi connectivity index (χ1v) is 7.27. The molecule has 100 valence electrons. The molecule has 0 radical (unpaired) electrons. The van der Waals surface area contributed by atoms with Crippen molar-refractivity contribution in [1.29, 1.82) is 0 Å². The SMILES string of the molecule is CC1CCCC(C)N1CCCc1ccc(N)cc1. The molecule has 2 nitrogen and oxygen atoms in total. The highest BCUT2D eigenvalue weighted by Gasteiger charge is 2.23. The van der Waals surface area contributed by atoms with E-state index in [1.54, 1.807) is 0 Å². The van der Waals surface area contributed by atoms with Crippen molar-refractivity contribution in [2.24, 2.45) is 0 Å². The molecule has 0 aliphatic carbocycles. The lowest BCUT2D eigenvalue weighted by molar-refractivity contribution is 0.102. The van der Waals surface area contributed by atoms with Gasteiger partial charge in [0.25, 0.3) is 0 Å². The number of piperidine rings is 1. The van der Waals surface area contributed by atoms with Gasteiger partial charge in [0.15, 0.2) is 0 Å². The van der Waals surface area contributed by atoms with E-state index in [0.717, 1.165) is 24.2 Å². The number of benzene rings is 1. The molecule has 2 heteroatoms. The van der Waals surface area contributed by atoms with E-state index in [-0.39, 0.29) is 0 Å². The van der Waals surface area contributed by atoms with Crippen molar-refractivity contribution in [3.05, 3.63) is 29.8 Å². The van der Waals surface area contributed by atoms with Gasteiger partial charge in [-0.1, -0.05) is 18.6 Å². The van der Waals surface area contributed by atoms with Crippen LogP contribution >= 0.6 is 0 Å². The molecule has 0 aromatic heterocycles. The van der Waals surface area contributed by atoms with Crippen molar-refractivity contribution in [1.82, 2.24) is 4.90 Å². The van der Waals surface area contributed by atoms with Crippen LogP contribution in [0.4, 0.5) is 5.69 Å². The zero-order valence-corrected chi connectivity index (χ0v) is 11.7.